The van der Waals surface area contributed by atoms with Gasteiger partial charge in [-0.1, -0.05) is 28.8 Å². The summed E-state index contributed by atoms with van der Waals surface area (Å²) in [5, 5.41) is 9.69. The van der Waals surface area contributed by atoms with E-state index in [9.17, 15) is 9.59 Å². The van der Waals surface area contributed by atoms with Crippen LogP contribution in [0.15, 0.2) is 22.7 Å². The van der Waals surface area contributed by atoms with Crippen LogP contribution in [-0.4, -0.2) is 46.8 Å². The number of carbonyl (C=O) groups excluding carboxylic acids is 2. The molecule has 0 fully saturated rings. The quantitative estimate of drug-likeness (QED) is 0.308. The molecule has 2 heterocycles. The first-order valence-corrected chi connectivity index (χ1v) is 11.3. The van der Waals surface area contributed by atoms with Crippen LogP contribution in [0.2, 0.25) is 0 Å². The van der Waals surface area contributed by atoms with Gasteiger partial charge in [-0.15, -0.1) is 0 Å². The van der Waals surface area contributed by atoms with Crippen molar-refractivity contribution in [2.45, 2.75) is 58.0 Å². The highest BCUT2D eigenvalue weighted by molar-refractivity contribution is 9.10. The number of aromatic nitrogens is 1. The van der Waals surface area contributed by atoms with Crippen molar-refractivity contribution in [1.29, 1.82) is 0 Å². The second kappa shape index (κ2) is 10.9. The second-order valence-corrected chi connectivity index (χ2v) is 8.66. The van der Waals surface area contributed by atoms with Crippen molar-refractivity contribution in [2.24, 2.45) is 0 Å². The lowest BCUT2D eigenvalue weighted by Gasteiger charge is -2.28. The van der Waals surface area contributed by atoms with Crippen molar-refractivity contribution in [3.8, 4) is 0 Å². The predicted octanol–water partition coefficient (Wildman–Crippen LogP) is 3.78. The molecule has 1 aliphatic rings. The Balaban J connectivity index is 1.61. The van der Waals surface area contributed by atoms with E-state index in [2.05, 4.69) is 38.7 Å². The number of nitrogens with zero attached hydrogens (tertiary/aromatic N) is 2. The summed E-state index contributed by atoms with van der Waals surface area (Å²) in [5.41, 5.74) is 5.40. The summed E-state index contributed by atoms with van der Waals surface area (Å²) in [6.45, 7) is 2.87. The molecule has 3 rings (SSSR count). The van der Waals surface area contributed by atoms with Crippen LogP contribution in [0.25, 0.3) is 10.9 Å². The number of amides is 2. The fourth-order valence-electron chi connectivity index (χ4n) is 4.20. The molecular weight excluding hydrogens is 450 g/mol. The molecule has 1 aromatic heterocycles. The number of fused-ring (bicyclic) bond motifs is 3. The van der Waals surface area contributed by atoms with Crippen LogP contribution in [0.3, 0.4) is 0 Å². The van der Waals surface area contributed by atoms with Gasteiger partial charge in [-0.05, 0) is 31.0 Å². The van der Waals surface area contributed by atoms with E-state index in [0.717, 1.165) is 49.7 Å². The topological polar surface area (TPSA) is 83.8 Å². The highest BCUT2D eigenvalue weighted by Gasteiger charge is 2.26. The molecule has 0 atom stereocenters. The zero-order valence-corrected chi connectivity index (χ0v) is 19.0. The second-order valence-electron chi connectivity index (χ2n) is 7.75. The number of unbranched alkanes of at least 4 members (excludes halogenated alkanes) is 3. The summed E-state index contributed by atoms with van der Waals surface area (Å²) in [7, 11) is 1.72. The van der Waals surface area contributed by atoms with E-state index in [1.807, 2.05) is 4.90 Å². The molecule has 2 N–H and O–H groups in total. The van der Waals surface area contributed by atoms with Crippen molar-refractivity contribution >= 4 is 38.6 Å². The zero-order chi connectivity index (χ0) is 21.5. The van der Waals surface area contributed by atoms with Crippen LogP contribution >= 0.6 is 15.9 Å². The molecule has 2 aromatic rings. The van der Waals surface area contributed by atoms with Gasteiger partial charge in [0.25, 0.3) is 0 Å². The number of rotatable bonds is 10. The van der Waals surface area contributed by atoms with Crippen molar-refractivity contribution in [3.05, 3.63) is 33.9 Å². The maximum absolute atomic E-state index is 12.8. The Hall–Kier alpha value is -1.90. The number of nitrogens with one attached hydrogen (secondary N) is 1. The van der Waals surface area contributed by atoms with Gasteiger partial charge >= 0.3 is 0 Å². The van der Waals surface area contributed by atoms with Gasteiger partial charge in [-0.2, -0.15) is 0 Å². The molecule has 0 spiro atoms. The number of carbonyl (C=O) groups is 2. The van der Waals surface area contributed by atoms with E-state index in [4.69, 9.17) is 9.94 Å². The summed E-state index contributed by atoms with van der Waals surface area (Å²) in [6.07, 6.45) is 5.05. The Morgan fingerprint density at radius 2 is 1.97 bits per heavy atom. The molecule has 0 unspecified atom stereocenters. The van der Waals surface area contributed by atoms with E-state index in [1.165, 1.54) is 22.2 Å². The number of methoxy groups -OCH3 is 1. The summed E-state index contributed by atoms with van der Waals surface area (Å²) < 4.78 is 8.68. The Morgan fingerprint density at radius 1 is 1.20 bits per heavy atom. The van der Waals surface area contributed by atoms with Gasteiger partial charge in [0.2, 0.25) is 11.8 Å². The van der Waals surface area contributed by atoms with E-state index < -0.39 is 0 Å². The van der Waals surface area contributed by atoms with E-state index in [0.29, 0.717) is 26.0 Å². The molecule has 2 amide bonds. The van der Waals surface area contributed by atoms with Crippen LogP contribution in [0.4, 0.5) is 0 Å². The first kappa shape index (κ1) is 22.8. The summed E-state index contributed by atoms with van der Waals surface area (Å²) in [5.74, 6) is -0.159. The monoisotopic (exact) mass is 479 g/mol. The van der Waals surface area contributed by atoms with Crippen LogP contribution in [0, 0.1) is 0 Å². The smallest absolute Gasteiger partial charge is 0.243 e. The normalized spacial score (nSPS) is 13.5. The Kier molecular flexibility index (Phi) is 8.30. The van der Waals surface area contributed by atoms with Gasteiger partial charge in [0, 0.05) is 72.6 Å². The number of ether oxygens (including phenoxy) is 1. The molecule has 1 aromatic carbocycles. The predicted molar refractivity (Wildman–Crippen MR) is 118 cm³/mol. The fraction of sp³-hybridized carbons (Fsp3) is 0.545. The molecule has 0 saturated carbocycles. The van der Waals surface area contributed by atoms with Crippen LogP contribution < -0.4 is 5.48 Å². The van der Waals surface area contributed by atoms with Crippen molar-refractivity contribution in [3.63, 3.8) is 0 Å². The SMILES string of the molecule is COCCn1c2c(c3cc(Br)ccc31)CN(C(=O)CCCCCCC(=O)NO)CC2. The lowest BCUT2D eigenvalue weighted by atomic mass is 10.0. The molecule has 0 bridgehead atoms. The van der Waals surface area contributed by atoms with Crippen LogP contribution in [0.5, 0.6) is 0 Å². The number of hydrogen-bond donors (Lipinski definition) is 2. The number of benzene rings is 1. The van der Waals surface area contributed by atoms with E-state index in [-0.39, 0.29) is 11.8 Å². The third kappa shape index (κ3) is 5.42. The Bertz CT molecular complexity index is 896. The first-order chi connectivity index (χ1) is 14.5. The van der Waals surface area contributed by atoms with Crippen molar-refractivity contribution in [2.75, 3.05) is 20.3 Å². The molecule has 0 saturated heterocycles. The standard InChI is InChI=1S/C22H30BrN3O4/c1-30-13-12-26-19-9-8-16(23)14-17(19)18-15-25(11-10-20(18)26)22(28)7-5-3-2-4-6-21(27)24-29/h8-9,14,29H,2-7,10-13,15H2,1H3,(H,24,27). The van der Waals surface area contributed by atoms with Crippen LogP contribution in [0.1, 0.15) is 49.8 Å². The first-order valence-electron chi connectivity index (χ1n) is 10.5. The zero-order valence-electron chi connectivity index (χ0n) is 17.5. The van der Waals surface area contributed by atoms with Crippen LogP contribution in [-0.2, 0) is 33.8 Å². The lowest BCUT2D eigenvalue weighted by molar-refractivity contribution is -0.132. The molecule has 164 valence electrons. The Morgan fingerprint density at radius 3 is 2.70 bits per heavy atom. The third-order valence-electron chi connectivity index (χ3n) is 5.76. The lowest BCUT2D eigenvalue weighted by Crippen LogP contribution is -2.36. The van der Waals surface area contributed by atoms with Crippen molar-refractivity contribution in [1.82, 2.24) is 14.9 Å². The minimum atomic E-state index is -0.355. The summed E-state index contributed by atoms with van der Waals surface area (Å²) in [4.78, 5) is 25.7. The number of halogens is 1. The van der Waals surface area contributed by atoms with E-state index >= 15 is 0 Å². The molecule has 7 nitrogen and oxygen atoms in total. The van der Waals surface area contributed by atoms with Gasteiger partial charge in [0.1, 0.15) is 0 Å². The van der Waals surface area contributed by atoms with E-state index in [1.54, 1.807) is 12.6 Å². The number of hydroxylamine groups is 1. The average Bonchev–Trinajstić information content (AvgIpc) is 3.06. The molecule has 30 heavy (non-hydrogen) atoms. The third-order valence-corrected chi connectivity index (χ3v) is 6.25. The maximum atomic E-state index is 12.8. The highest BCUT2D eigenvalue weighted by atomic mass is 79.9. The molecule has 8 heteroatoms. The van der Waals surface area contributed by atoms with Gasteiger partial charge < -0.3 is 14.2 Å². The molecule has 0 radical (unpaired) electrons. The molecule has 1 aliphatic heterocycles. The largest absolute Gasteiger partial charge is 0.383 e. The maximum Gasteiger partial charge on any atom is 0.243 e. The van der Waals surface area contributed by atoms with Gasteiger partial charge in [-0.3, -0.25) is 14.8 Å². The minimum absolute atomic E-state index is 0.196. The van der Waals surface area contributed by atoms with Gasteiger partial charge in [-0.25, -0.2) is 5.48 Å². The summed E-state index contributed by atoms with van der Waals surface area (Å²) >= 11 is 3.58. The van der Waals surface area contributed by atoms with Gasteiger partial charge in [0.15, 0.2) is 0 Å². The van der Waals surface area contributed by atoms with Crippen molar-refractivity contribution < 1.29 is 19.5 Å². The highest BCUT2D eigenvalue weighted by Crippen LogP contribution is 2.33. The average molecular weight is 480 g/mol. The number of hydrogen-bond acceptors (Lipinski definition) is 4. The Labute approximate surface area is 185 Å². The minimum Gasteiger partial charge on any atom is -0.383 e. The fourth-order valence-corrected chi connectivity index (χ4v) is 4.56. The van der Waals surface area contributed by atoms with Gasteiger partial charge in [0.05, 0.1) is 6.61 Å². The summed E-state index contributed by atoms with van der Waals surface area (Å²) in [6, 6.07) is 6.34. The molecule has 0 aliphatic carbocycles. The molecular formula is C22H30BrN3O4.